The molecule has 0 atom stereocenters. The Labute approximate surface area is 196 Å². The van der Waals surface area contributed by atoms with Crippen LogP contribution >= 0.6 is 50.6 Å². The fourth-order valence-corrected chi connectivity index (χ4v) is 5.30. The molecule has 0 aliphatic carbocycles. The highest BCUT2D eigenvalue weighted by Crippen LogP contribution is 2.35. The van der Waals surface area contributed by atoms with E-state index in [0.717, 1.165) is 35.9 Å². The Morgan fingerprint density at radius 1 is 1.17 bits per heavy atom. The van der Waals surface area contributed by atoms with E-state index in [4.69, 9.17) is 16.3 Å². The number of hydrogen-bond acceptors (Lipinski definition) is 5. The second-order valence-electron chi connectivity index (χ2n) is 6.27. The molecule has 0 N–H and O–H groups in total. The summed E-state index contributed by atoms with van der Waals surface area (Å²) >= 11 is 12.4. The Bertz CT molecular complexity index is 1230. The predicted molar refractivity (Wildman–Crippen MR) is 129 cm³/mol. The number of nitrogens with zero attached hydrogens (tertiary/aromatic N) is 2. The number of thiazole rings is 1. The summed E-state index contributed by atoms with van der Waals surface area (Å²) in [6, 6.07) is 23.5. The molecule has 7 heteroatoms. The molecule has 0 unspecified atom stereocenters. The van der Waals surface area contributed by atoms with Crippen molar-refractivity contribution in [1.82, 2.24) is 4.98 Å². The smallest absolute Gasteiger partial charge is 0.156 e. The zero-order valence-electron chi connectivity index (χ0n) is 15.5. The highest BCUT2D eigenvalue weighted by molar-refractivity contribution is 9.10. The Balaban J connectivity index is 1.47. The molecule has 0 saturated carbocycles. The SMILES string of the molecule is N#C/C(=C\c1ccc(OCc2ccc(Cl)cc2)c(Br)c1)Sc1nc2ccccc2s1. The summed E-state index contributed by atoms with van der Waals surface area (Å²) in [6.07, 6.45) is 1.85. The van der Waals surface area contributed by atoms with Crippen LogP contribution in [0, 0.1) is 11.3 Å². The van der Waals surface area contributed by atoms with Crippen molar-refractivity contribution in [3.05, 3.63) is 92.3 Å². The average Bonchev–Trinajstić information content (AvgIpc) is 3.16. The molecule has 148 valence electrons. The first-order valence-electron chi connectivity index (χ1n) is 8.93. The van der Waals surface area contributed by atoms with Crippen LogP contribution in [0.25, 0.3) is 16.3 Å². The molecule has 1 aromatic heterocycles. The van der Waals surface area contributed by atoms with Gasteiger partial charge in [-0.2, -0.15) is 5.26 Å². The molecule has 4 rings (SSSR count). The van der Waals surface area contributed by atoms with Crippen LogP contribution in [0.15, 0.2) is 80.4 Å². The van der Waals surface area contributed by atoms with Gasteiger partial charge in [-0.3, -0.25) is 0 Å². The summed E-state index contributed by atoms with van der Waals surface area (Å²) in [5.41, 5.74) is 2.90. The van der Waals surface area contributed by atoms with E-state index in [0.29, 0.717) is 16.5 Å². The zero-order chi connectivity index (χ0) is 20.9. The molecule has 0 bridgehead atoms. The van der Waals surface area contributed by atoms with Crippen molar-refractivity contribution in [2.75, 3.05) is 0 Å². The zero-order valence-corrected chi connectivity index (χ0v) is 19.5. The van der Waals surface area contributed by atoms with E-state index >= 15 is 0 Å². The summed E-state index contributed by atoms with van der Waals surface area (Å²) < 4.78 is 8.68. The molecule has 30 heavy (non-hydrogen) atoms. The van der Waals surface area contributed by atoms with E-state index in [1.165, 1.54) is 11.8 Å². The van der Waals surface area contributed by atoms with E-state index < -0.39 is 0 Å². The average molecular weight is 514 g/mol. The van der Waals surface area contributed by atoms with Gasteiger partial charge in [-0.05, 0) is 81.3 Å². The van der Waals surface area contributed by atoms with Crippen LogP contribution in [0.2, 0.25) is 5.02 Å². The number of fused-ring (bicyclic) bond motifs is 1. The number of ether oxygens (including phenoxy) is 1. The molecular weight excluding hydrogens is 500 g/mol. The van der Waals surface area contributed by atoms with Gasteiger partial charge in [-0.25, -0.2) is 4.98 Å². The lowest BCUT2D eigenvalue weighted by molar-refractivity contribution is 0.304. The first-order valence-corrected chi connectivity index (χ1v) is 11.7. The minimum Gasteiger partial charge on any atom is -0.488 e. The fraction of sp³-hybridized carbons (Fsp3) is 0.0435. The standard InChI is InChI=1S/C23H14BrClN2OS2/c24-19-12-16(7-10-21(19)28-14-15-5-8-17(25)9-6-15)11-18(13-26)29-23-27-20-3-1-2-4-22(20)30-23/h1-12H,14H2/b18-11+. The summed E-state index contributed by atoms with van der Waals surface area (Å²) in [5, 5.41) is 10.3. The maximum Gasteiger partial charge on any atom is 0.156 e. The Morgan fingerprint density at radius 2 is 1.97 bits per heavy atom. The van der Waals surface area contributed by atoms with E-state index in [2.05, 4.69) is 27.0 Å². The number of rotatable bonds is 6. The van der Waals surface area contributed by atoms with Crippen LogP contribution in [0.3, 0.4) is 0 Å². The molecule has 0 fully saturated rings. The van der Waals surface area contributed by atoms with Gasteiger partial charge in [-0.15, -0.1) is 11.3 Å². The number of thioether (sulfide) groups is 1. The lowest BCUT2D eigenvalue weighted by atomic mass is 10.2. The van der Waals surface area contributed by atoms with Gasteiger partial charge < -0.3 is 4.74 Å². The van der Waals surface area contributed by atoms with Gasteiger partial charge in [0, 0.05) is 5.02 Å². The van der Waals surface area contributed by atoms with Crippen LogP contribution in [-0.2, 0) is 6.61 Å². The molecule has 0 amide bonds. The van der Waals surface area contributed by atoms with Crippen LogP contribution in [-0.4, -0.2) is 4.98 Å². The molecule has 4 aromatic rings. The lowest BCUT2D eigenvalue weighted by Crippen LogP contribution is -1.96. The number of halogens is 2. The quantitative estimate of drug-likeness (QED) is 0.194. The van der Waals surface area contributed by atoms with Crippen LogP contribution in [0.4, 0.5) is 0 Å². The Kier molecular flexibility index (Phi) is 6.76. The predicted octanol–water partition coefficient (Wildman–Crippen LogP) is 7.95. The number of nitriles is 1. The van der Waals surface area contributed by atoms with Gasteiger partial charge in [0.25, 0.3) is 0 Å². The highest BCUT2D eigenvalue weighted by Gasteiger charge is 2.08. The van der Waals surface area contributed by atoms with E-state index in [-0.39, 0.29) is 0 Å². The van der Waals surface area contributed by atoms with E-state index in [1.54, 1.807) is 11.3 Å². The third-order valence-corrected chi connectivity index (χ3v) is 7.04. The van der Waals surface area contributed by atoms with Crippen LogP contribution in [0.1, 0.15) is 11.1 Å². The molecule has 0 saturated heterocycles. The molecule has 3 aromatic carbocycles. The van der Waals surface area contributed by atoms with Gasteiger partial charge in [0.05, 0.1) is 19.6 Å². The van der Waals surface area contributed by atoms with E-state index in [9.17, 15) is 5.26 Å². The topological polar surface area (TPSA) is 45.9 Å². The first kappa shape index (κ1) is 21.0. The lowest BCUT2D eigenvalue weighted by Gasteiger charge is -2.09. The van der Waals surface area contributed by atoms with Crippen molar-refractivity contribution in [3.8, 4) is 11.8 Å². The van der Waals surface area contributed by atoms with Crippen molar-refractivity contribution in [3.63, 3.8) is 0 Å². The minimum atomic E-state index is 0.446. The van der Waals surface area contributed by atoms with Crippen LogP contribution in [0.5, 0.6) is 5.75 Å². The number of hydrogen-bond donors (Lipinski definition) is 0. The second kappa shape index (κ2) is 9.67. The van der Waals surface area contributed by atoms with Gasteiger partial charge in [0.15, 0.2) is 4.34 Å². The number of benzene rings is 3. The Hall–Kier alpha value is -2.30. The summed E-state index contributed by atoms with van der Waals surface area (Å²) in [5.74, 6) is 0.736. The highest BCUT2D eigenvalue weighted by atomic mass is 79.9. The molecule has 3 nitrogen and oxygen atoms in total. The number of para-hydroxylation sites is 1. The molecule has 0 spiro atoms. The minimum absolute atomic E-state index is 0.446. The third kappa shape index (κ3) is 5.24. The van der Waals surface area contributed by atoms with Crippen molar-refractivity contribution in [1.29, 1.82) is 5.26 Å². The monoisotopic (exact) mass is 512 g/mol. The van der Waals surface area contributed by atoms with Gasteiger partial charge in [0.1, 0.15) is 18.4 Å². The van der Waals surface area contributed by atoms with Crippen molar-refractivity contribution < 1.29 is 4.74 Å². The second-order valence-corrected chi connectivity index (χ2v) is 9.89. The molecule has 0 aliphatic heterocycles. The van der Waals surface area contributed by atoms with Crippen molar-refractivity contribution in [2.45, 2.75) is 10.9 Å². The maximum atomic E-state index is 9.57. The van der Waals surface area contributed by atoms with Gasteiger partial charge in [-0.1, -0.05) is 41.9 Å². The largest absolute Gasteiger partial charge is 0.488 e. The molecule has 0 radical (unpaired) electrons. The number of aromatic nitrogens is 1. The van der Waals surface area contributed by atoms with Crippen molar-refractivity contribution in [2.24, 2.45) is 0 Å². The fourth-order valence-electron chi connectivity index (χ4n) is 2.69. The van der Waals surface area contributed by atoms with E-state index in [1.807, 2.05) is 72.8 Å². The normalized spacial score (nSPS) is 11.4. The molecular formula is C23H14BrClN2OS2. The molecule has 1 heterocycles. The van der Waals surface area contributed by atoms with Gasteiger partial charge in [0.2, 0.25) is 0 Å². The third-order valence-electron chi connectivity index (χ3n) is 4.14. The summed E-state index contributed by atoms with van der Waals surface area (Å²) in [6.45, 7) is 0.446. The first-order chi connectivity index (χ1) is 14.6. The number of allylic oxidation sites excluding steroid dienone is 1. The molecule has 0 aliphatic rings. The Morgan fingerprint density at radius 3 is 2.70 bits per heavy atom. The van der Waals surface area contributed by atoms with Crippen LogP contribution < -0.4 is 4.74 Å². The summed E-state index contributed by atoms with van der Waals surface area (Å²) in [4.78, 5) is 5.16. The maximum absolute atomic E-state index is 9.57. The van der Waals surface area contributed by atoms with Gasteiger partial charge >= 0.3 is 0 Å². The summed E-state index contributed by atoms with van der Waals surface area (Å²) in [7, 11) is 0. The van der Waals surface area contributed by atoms with Crippen molar-refractivity contribution >= 4 is 66.9 Å².